The van der Waals surface area contributed by atoms with E-state index >= 15 is 13.2 Å². The van der Waals surface area contributed by atoms with E-state index in [1.807, 2.05) is 0 Å². The largest absolute Gasteiger partial charge is 0.418 e. The SMILES string of the molecule is Cc1ccc(NC(=O)c2cc(-c3c(C(=O)Nc4ccc(C)c(Nc5nccn5-c5cc(NCCN6CCOCC6)ncn5)c4)ccc(Cl)c3C(F)(F)F)c(Cl)c(C(F)(F)F)c2)cc1Nc1nccn1-c1cc(NC2CC2)ncn1. The van der Waals surface area contributed by atoms with Crippen LogP contribution in [0.5, 0.6) is 0 Å². The van der Waals surface area contributed by atoms with E-state index < -0.39 is 67.6 Å². The predicted molar refractivity (Wildman–Crippen MR) is 287 cm³/mol. The van der Waals surface area contributed by atoms with Crippen LogP contribution in [0.25, 0.3) is 22.8 Å². The predicted octanol–water partition coefficient (Wildman–Crippen LogP) is 11.6. The van der Waals surface area contributed by atoms with Crippen LogP contribution in [0.3, 0.4) is 0 Å². The van der Waals surface area contributed by atoms with E-state index in [4.69, 9.17) is 27.9 Å². The van der Waals surface area contributed by atoms with Crippen molar-refractivity contribution in [3.8, 4) is 22.8 Å². The molecule has 4 aromatic carbocycles. The van der Waals surface area contributed by atoms with Gasteiger partial charge in [0.1, 0.15) is 35.9 Å². The van der Waals surface area contributed by atoms with Crippen molar-refractivity contribution >= 4 is 81.3 Å². The minimum absolute atomic E-state index is 0.0648. The second-order valence-corrected chi connectivity index (χ2v) is 19.3. The molecule has 0 unspecified atom stereocenters. The number of morpholine rings is 1. The molecule has 2 aliphatic rings. The summed E-state index contributed by atoms with van der Waals surface area (Å²) < 4.78 is 99.3. The molecule has 18 nitrogen and oxygen atoms in total. The normalized spacial score (nSPS) is 13.9. The number of aryl methyl sites for hydroxylation is 2. The Morgan fingerprint density at radius 2 is 1.27 bits per heavy atom. The van der Waals surface area contributed by atoms with Gasteiger partial charge in [0.2, 0.25) is 11.9 Å². The zero-order chi connectivity index (χ0) is 55.6. The number of halogens is 8. The van der Waals surface area contributed by atoms with E-state index in [0.717, 1.165) is 50.7 Å². The van der Waals surface area contributed by atoms with E-state index in [1.54, 1.807) is 59.6 Å². The Balaban J connectivity index is 0.920. The van der Waals surface area contributed by atoms with Crippen LogP contribution < -0.4 is 31.9 Å². The number of aromatic nitrogens is 8. The minimum Gasteiger partial charge on any atom is -0.379 e. The monoisotopic (exact) mass is 1130 g/mol. The molecule has 2 fully saturated rings. The maximum absolute atomic E-state index is 15.2. The van der Waals surface area contributed by atoms with Gasteiger partial charge in [-0.3, -0.25) is 23.6 Å². The van der Waals surface area contributed by atoms with E-state index in [2.05, 4.69) is 66.7 Å². The van der Waals surface area contributed by atoms with Crippen LogP contribution in [0.2, 0.25) is 10.0 Å². The summed E-state index contributed by atoms with van der Waals surface area (Å²) in [7, 11) is 0. The smallest absolute Gasteiger partial charge is 0.379 e. The molecule has 6 N–H and O–H groups in total. The molecule has 2 amide bonds. The molecule has 1 saturated heterocycles. The van der Waals surface area contributed by atoms with Crippen LogP contribution >= 0.6 is 23.2 Å². The summed E-state index contributed by atoms with van der Waals surface area (Å²) in [6, 6.07) is 15.9. The molecule has 5 heterocycles. The third-order valence-corrected chi connectivity index (χ3v) is 13.6. The fraction of sp³-hybridized carbons (Fsp3) is 0.245. The van der Waals surface area contributed by atoms with E-state index in [9.17, 15) is 22.8 Å². The van der Waals surface area contributed by atoms with Gasteiger partial charge in [-0.2, -0.15) is 26.3 Å². The number of nitrogens with zero attached hydrogens (tertiary/aromatic N) is 9. The van der Waals surface area contributed by atoms with Crippen LogP contribution in [-0.2, 0) is 17.1 Å². The van der Waals surface area contributed by atoms with Crippen LogP contribution in [0.1, 0.15) is 55.8 Å². The van der Waals surface area contributed by atoms with Crippen molar-refractivity contribution in [3.63, 3.8) is 0 Å². The fourth-order valence-electron chi connectivity index (χ4n) is 8.68. The highest BCUT2D eigenvalue weighted by molar-refractivity contribution is 6.36. The van der Waals surface area contributed by atoms with Gasteiger partial charge in [0.05, 0.1) is 34.4 Å². The van der Waals surface area contributed by atoms with Gasteiger partial charge in [0.15, 0.2) is 0 Å². The van der Waals surface area contributed by atoms with Gasteiger partial charge in [-0.15, -0.1) is 0 Å². The van der Waals surface area contributed by atoms with Gasteiger partial charge in [-0.25, -0.2) is 29.9 Å². The van der Waals surface area contributed by atoms with Crippen molar-refractivity contribution in [2.24, 2.45) is 0 Å². The van der Waals surface area contributed by atoms with Crippen molar-refractivity contribution in [2.45, 2.75) is 45.1 Å². The van der Waals surface area contributed by atoms with Gasteiger partial charge in [0, 0.05) is 114 Å². The molecule has 10 rings (SSSR count). The topological polar surface area (TPSA) is 206 Å². The number of hydrogen-bond acceptors (Lipinski definition) is 14. The Kier molecular flexibility index (Phi) is 15.4. The van der Waals surface area contributed by atoms with Crippen LogP contribution in [0.4, 0.5) is 72.6 Å². The number of ether oxygens (including phenoxy) is 1. The third kappa shape index (κ3) is 12.5. The molecule has 79 heavy (non-hydrogen) atoms. The lowest BCUT2D eigenvalue weighted by Crippen LogP contribution is -2.39. The molecule has 26 heteroatoms. The Labute approximate surface area is 457 Å². The maximum atomic E-state index is 15.2. The Morgan fingerprint density at radius 1 is 0.684 bits per heavy atom. The van der Waals surface area contributed by atoms with Crippen molar-refractivity contribution in [1.29, 1.82) is 0 Å². The minimum atomic E-state index is -5.36. The Bertz CT molecular complexity index is 3580. The van der Waals surface area contributed by atoms with Crippen molar-refractivity contribution in [1.82, 2.24) is 43.9 Å². The quantitative estimate of drug-likeness (QED) is 0.0470. The first-order chi connectivity index (χ1) is 37.9. The van der Waals surface area contributed by atoms with Crippen molar-refractivity contribution in [2.75, 3.05) is 71.3 Å². The zero-order valence-corrected chi connectivity index (χ0v) is 43.4. The molecule has 1 saturated carbocycles. The summed E-state index contributed by atoms with van der Waals surface area (Å²) >= 11 is 12.7. The summed E-state index contributed by atoms with van der Waals surface area (Å²) in [4.78, 5) is 57.0. The number of nitrogens with one attached hydrogen (secondary N) is 6. The lowest BCUT2D eigenvalue weighted by Gasteiger charge is -2.26. The van der Waals surface area contributed by atoms with Gasteiger partial charge in [-0.05, 0) is 86.3 Å². The van der Waals surface area contributed by atoms with E-state index in [0.29, 0.717) is 89.5 Å². The summed E-state index contributed by atoms with van der Waals surface area (Å²) in [5, 5.41) is 16.0. The molecule has 1 aliphatic heterocycles. The second-order valence-electron chi connectivity index (χ2n) is 18.5. The molecule has 8 aromatic rings. The molecule has 0 atom stereocenters. The summed E-state index contributed by atoms with van der Waals surface area (Å²) in [5.74, 6) is 0.431. The van der Waals surface area contributed by atoms with Gasteiger partial charge < -0.3 is 36.6 Å². The maximum Gasteiger partial charge on any atom is 0.418 e. The van der Waals surface area contributed by atoms with Gasteiger partial charge in [-0.1, -0.05) is 35.3 Å². The van der Waals surface area contributed by atoms with Crippen molar-refractivity contribution < 1.29 is 40.7 Å². The highest BCUT2D eigenvalue weighted by atomic mass is 35.5. The van der Waals surface area contributed by atoms with Gasteiger partial charge >= 0.3 is 12.4 Å². The lowest BCUT2D eigenvalue weighted by atomic mass is 9.90. The number of rotatable bonds is 17. The summed E-state index contributed by atoms with van der Waals surface area (Å²) in [6.45, 7) is 7.96. The summed E-state index contributed by atoms with van der Waals surface area (Å²) in [6.07, 6.45) is 0.604. The first kappa shape index (κ1) is 54.1. The summed E-state index contributed by atoms with van der Waals surface area (Å²) in [5.41, 5.74) is -4.57. The van der Waals surface area contributed by atoms with Crippen LogP contribution in [0.15, 0.2) is 110 Å². The third-order valence-electron chi connectivity index (χ3n) is 12.9. The highest BCUT2D eigenvalue weighted by Gasteiger charge is 2.42. The molecule has 1 aliphatic carbocycles. The standard InChI is InChI=1S/C53H47Cl2F6N15O3/c1-29-3-5-33(23-39(29)72-51-64-13-16-76(51)44-26-42(66-28-68-44)69-32-7-8-32)70-48(77)31-21-36(47(55)37(22-31)52(56,57)58)45-35(9-10-38(54)46(45)53(59,60)61)49(78)71-34-6-4-30(2)40(24-34)73-50-63-12-15-75(50)43-25-41(65-27-67-43)62-11-14-74-17-19-79-20-18-74/h3-6,9-10,12-13,15-16,21-28,32H,7-8,11,14,17-20H2,1-2H3,(H,63,73)(H,64,72)(H,70,77)(H,71,78)(H,62,65,67)(H,66,68,69). The zero-order valence-electron chi connectivity index (χ0n) is 41.9. The molecule has 4 aromatic heterocycles. The molecule has 0 spiro atoms. The number of alkyl halides is 6. The van der Waals surface area contributed by atoms with Gasteiger partial charge in [0.25, 0.3) is 11.8 Å². The number of carbonyl (C=O) groups excluding carboxylic acids is 2. The number of hydrogen-bond donors (Lipinski definition) is 6. The van der Waals surface area contributed by atoms with E-state index in [1.165, 1.54) is 49.3 Å². The highest BCUT2D eigenvalue weighted by Crippen LogP contribution is 2.48. The average Bonchev–Trinajstić information content (AvgIpc) is 4.11. The van der Waals surface area contributed by atoms with E-state index in [-0.39, 0.29) is 11.4 Å². The van der Waals surface area contributed by atoms with Crippen LogP contribution in [-0.4, -0.2) is 101 Å². The first-order valence-electron chi connectivity index (χ1n) is 24.6. The van der Waals surface area contributed by atoms with Crippen molar-refractivity contribution in [3.05, 3.63) is 154 Å². The first-order valence-corrected chi connectivity index (χ1v) is 25.3. The van der Waals surface area contributed by atoms with Crippen LogP contribution in [0, 0.1) is 13.8 Å². The number of anilines is 8. The molecule has 0 bridgehead atoms. The Hall–Kier alpha value is -8.32. The number of amides is 2. The second kappa shape index (κ2) is 22.6. The number of imidazole rings is 2. The Morgan fingerprint density at radius 3 is 1.85 bits per heavy atom. The number of carbonyl (C=O) groups is 2. The molecule has 0 radical (unpaired) electrons. The molecule has 408 valence electrons. The fourth-order valence-corrected chi connectivity index (χ4v) is 9.25. The molecular weight excluding hydrogens is 1080 g/mol. The lowest BCUT2D eigenvalue weighted by molar-refractivity contribution is -0.137. The number of benzene rings is 4. The molecular formula is C53H47Cl2F6N15O3. The average molecular weight is 1130 g/mol.